The van der Waals surface area contributed by atoms with Crippen molar-refractivity contribution in [2.45, 2.75) is 19.8 Å². The molecule has 6 nitrogen and oxygen atoms in total. The van der Waals surface area contributed by atoms with Crippen LogP contribution in [0.1, 0.15) is 28.7 Å². The highest BCUT2D eigenvalue weighted by molar-refractivity contribution is 7.07. The van der Waals surface area contributed by atoms with E-state index in [9.17, 15) is 4.79 Å². The number of likely N-dealkylation sites (N-methyl/N-ethyl adjacent to an activating group) is 1. The molecule has 0 aromatic carbocycles. The molecule has 7 heteroatoms. The Balaban J connectivity index is 2.49. The van der Waals surface area contributed by atoms with Crippen LogP contribution in [0.15, 0.2) is 0 Å². The lowest BCUT2D eigenvalue weighted by Gasteiger charge is -2.16. The van der Waals surface area contributed by atoms with E-state index < -0.39 is 0 Å². The van der Waals surface area contributed by atoms with Gasteiger partial charge >= 0.3 is 0 Å². The molecular weight excluding hydrogens is 254 g/mol. The fraction of sp³-hybridized carbons (Fsp3) is 0.727. The molecule has 0 aliphatic carbocycles. The number of aliphatic hydroxyl groups is 1. The van der Waals surface area contributed by atoms with E-state index in [0.29, 0.717) is 24.6 Å². The Morgan fingerprint density at radius 2 is 2.28 bits per heavy atom. The van der Waals surface area contributed by atoms with Crippen molar-refractivity contribution in [3.63, 3.8) is 0 Å². The van der Waals surface area contributed by atoms with Gasteiger partial charge in [-0.3, -0.25) is 4.79 Å². The van der Waals surface area contributed by atoms with Crippen LogP contribution in [-0.4, -0.2) is 58.9 Å². The smallest absolute Gasteiger partial charge is 0.267 e. The Morgan fingerprint density at radius 1 is 1.50 bits per heavy atom. The van der Waals surface area contributed by atoms with Gasteiger partial charge in [0, 0.05) is 13.6 Å². The van der Waals surface area contributed by atoms with Crippen LogP contribution in [0.3, 0.4) is 0 Å². The molecule has 0 radical (unpaired) electrons. The van der Waals surface area contributed by atoms with Gasteiger partial charge in [-0.2, -0.15) is 0 Å². The van der Waals surface area contributed by atoms with Gasteiger partial charge in [0.15, 0.2) is 0 Å². The number of aliphatic hydroxyl groups excluding tert-OH is 1. The molecule has 1 aromatic rings. The van der Waals surface area contributed by atoms with Gasteiger partial charge in [-0.05, 0) is 18.0 Å². The van der Waals surface area contributed by atoms with Gasteiger partial charge in [0.05, 0.1) is 25.5 Å². The molecule has 0 bridgehead atoms. The van der Waals surface area contributed by atoms with Gasteiger partial charge in [0.2, 0.25) is 0 Å². The summed E-state index contributed by atoms with van der Waals surface area (Å²) >= 11 is 1.14. The summed E-state index contributed by atoms with van der Waals surface area (Å²) in [6.07, 6.45) is 1.71. The van der Waals surface area contributed by atoms with Crippen LogP contribution in [0.2, 0.25) is 0 Å². The second-order valence-electron chi connectivity index (χ2n) is 3.86. The Hall–Kier alpha value is -1.05. The van der Waals surface area contributed by atoms with Crippen LogP contribution in [0, 0.1) is 0 Å². The summed E-state index contributed by atoms with van der Waals surface area (Å²) in [5.41, 5.74) is 0.774. The number of hydrogen-bond donors (Lipinski definition) is 1. The first-order chi connectivity index (χ1) is 8.70. The molecule has 1 rings (SSSR count). The number of nitrogens with zero attached hydrogens (tertiary/aromatic N) is 3. The van der Waals surface area contributed by atoms with E-state index in [2.05, 4.69) is 9.59 Å². The van der Waals surface area contributed by atoms with Crippen LogP contribution < -0.4 is 0 Å². The average molecular weight is 273 g/mol. The standard InChI is InChI=1S/C11H19N3O3S/c1-3-4-9-10(18-13-12-9)11(16)14(2)5-7-17-8-6-15/h15H,3-8H2,1-2H3. The number of rotatable bonds is 8. The summed E-state index contributed by atoms with van der Waals surface area (Å²) in [7, 11) is 1.72. The van der Waals surface area contributed by atoms with Crippen molar-refractivity contribution in [2.75, 3.05) is 33.4 Å². The summed E-state index contributed by atoms with van der Waals surface area (Å²) in [5, 5.41) is 12.5. The molecule has 0 spiro atoms. The monoisotopic (exact) mass is 273 g/mol. The minimum atomic E-state index is -0.0685. The SMILES string of the molecule is CCCc1nnsc1C(=O)N(C)CCOCCO. The molecule has 0 saturated heterocycles. The Labute approximate surface area is 111 Å². The number of aryl methyl sites for hydroxylation is 1. The Kier molecular flexibility index (Phi) is 6.77. The minimum Gasteiger partial charge on any atom is -0.394 e. The first-order valence-corrected chi connectivity index (χ1v) is 6.73. The third-order valence-electron chi connectivity index (χ3n) is 2.39. The number of hydrogen-bond acceptors (Lipinski definition) is 6. The van der Waals surface area contributed by atoms with Crippen molar-refractivity contribution in [2.24, 2.45) is 0 Å². The van der Waals surface area contributed by atoms with Gasteiger partial charge in [-0.25, -0.2) is 0 Å². The number of aromatic nitrogens is 2. The summed E-state index contributed by atoms with van der Waals surface area (Å²) < 4.78 is 8.96. The molecule has 1 amide bonds. The van der Waals surface area contributed by atoms with Gasteiger partial charge in [0.25, 0.3) is 5.91 Å². The Morgan fingerprint density at radius 3 is 2.94 bits per heavy atom. The third kappa shape index (κ3) is 4.32. The van der Waals surface area contributed by atoms with E-state index in [1.54, 1.807) is 11.9 Å². The second kappa shape index (κ2) is 8.12. The summed E-state index contributed by atoms with van der Waals surface area (Å²) in [4.78, 5) is 14.3. The first-order valence-electron chi connectivity index (χ1n) is 5.96. The maximum absolute atomic E-state index is 12.1. The maximum Gasteiger partial charge on any atom is 0.267 e. The van der Waals surface area contributed by atoms with Crippen LogP contribution in [-0.2, 0) is 11.2 Å². The zero-order chi connectivity index (χ0) is 13.4. The van der Waals surface area contributed by atoms with E-state index in [0.717, 1.165) is 30.1 Å². The zero-order valence-electron chi connectivity index (χ0n) is 10.8. The quantitative estimate of drug-likeness (QED) is 0.701. The highest BCUT2D eigenvalue weighted by Gasteiger charge is 2.19. The lowest BCUT2D eigenvalue weighted by atomic mass is 10.2. The molecule has 102 valence electrons. The minimum absolute atomic E-state index is 0.00290. The normalized spacial score (nSPS) is 10.6. The fourth-order valence-corrected chi connectivity index (χ4v) is 2.12. The molecule has 0 fully saturated rings. The maximum atomic E-state index is 12.1. The number of carbonyl (C=O) groups excluding carboxylic acids is 1. The van der Waals surface area contributed by atoms with Crippen molar-refractivity contribution in [1.29, 1.82) is 0 Å². The zero-order valence-corrected chi connectivity index (χ0v) is 11.6. The predicted molar refractivity (Wildman–Crippen MR) is 68.8 cm³/mol. The largest absolute Gasteiger partial charge is 0.394 e. The molecule has 18 heavy (non-hydrogen) atoms. The molecule has 1 heterocycles. The summed E-state index contributed by atoms with van der Waals surface area (Å²) in [6, 6.07) is 0. The first kappa shape index (κ1) is 15.0. The van der Waals surface area contributed by atoms with Crippen molar-refractivity contribution in [3.8, 4) is 0 Å². The molecule has 1 aromatic heterocycles. The topological polar surface area (TPSA) is 75.6 Å². The van der Waals surface area contributed by atoms with E-state index >= 15 is 0 Å². The highest BCUT2D eigenvalue weighted by Crippen LogP contribution is 2.14. The van der Waals surface area contributed by atoms with Crippen molar-refractivity contribution in [1.82, 2.24) is 14.5 Å². The number of carbonyl (C=O) groups is 1. The molecular formula is C11H19N3O3S. The second-order valence-corrected chi connectivity index (χ2v) is 4.62. The average Bonchev–Trinajstić information content (AvgIpc) is 2.82. The van der Waals surface area contributed by atoms with E-state index in [1.807, 2.05) is 6.92 Å². The molecule has 0 aliphatic rings. The van der Waals surface area contributed by atoms with Crippen molar-refractivity contribution < 1.29 is 14.6 Å². The predicted octanol–water partition coefficient (Wildman–Crippen LogP) is 0.571. The summed E-state index contributed by atoms with van der Waals surface area (Å²) in [5.74, 6) is -0.0685. The number of amides is 1. The third-order valence-corrected chi connectivity index (χ3v) is 3.15. The van der Waals surface area contributed by atoms with Gasteiger partial charge in [-0.15, -0.1) is 5.10 Å². The lowest BCUT2D eigenvalue weighted by molar-refractivity contribution is 0.0621. The van der Waals surface area contributed by atoms with E-state index in [4.69, 9.17) is 9.84 Å². The highest BCUT2D eigenvalue weighted by atomic mass is 32.1. The van der Waals surface area contributed by atoms with Crippen LogP contribution in [0.4, 0.5) is 0 Å². The fourth-order valence-electron chi connectivity index (χ4n) is 1.41. The van der Waals surface area contributed by atoms with Crippen LogP contribution >= 0.6 is 11.5 Å². The van der Waals surface area contributed by atoms with Gasteiger partial charge < -0.3 is 14.7 Å². The van der Waals surface area contributed by atoms with Crippen molar-refractivity contribution in [3.05, 3.63) is 10.6 Å². The molecule has 0 saturated carbocycles. The van der Waals surface area contributed by atoms with Crippen LogP contribution in [0.5, 0.6) is 0 Å². The lowest BCUT2D eigenvalue weighted by Crippen LogP contribution is -2.30. The van der Waals surface area contributed by atoms with E-state index in [-0.39, 0.29) is 12.5 Å². The van der Waals surface area contributed by atoms with Crippen LogP contribution in [0.25, 0.3) is 0 Å². The van der Waals surface area contributed by atoms with Crippen molar-refractivity contribution >= 4 is 17.4 Å². The van der Waals surface area contributed by atoms with Gasteiger partial charge in [0.1, 0.15) is 4.88 Å². The Bertz CT molecular complexity index is 370. The molecule has 1 N–H and O–H groups in total. The number of ether oxygens (including phenoxy) is 1. The van der Waals surface area contributed by atoms with Gasteiger partial charge in [-0.1, -0.05) is 17.8 Å². The molecule has 0 atom stereocenters. The van der Waals surface area contributed by atoms with E-state index in [1.165, 1.54) is 0 Å². The molecule has 0 unspecified atom stereocenters. The summed E-state index contributed by atoms with van der Waals surface area (Å²) in [6.45, 7) is 3.24. The molecule has 0 aliphatic heterocycles.